The van der Waals surface area contributed by atoms with Crippen molar-refractivity contribution in [3.63, 3.8) is 0 Å². The third-order valence-corrected chi connectivity index (χ3v) is 8.14. The van der Waals surface area contributed by atoms with Crippen LogP contribution in [0.1, 0.15) is 6.23 Å². The summed E-state index contributed by atoms with van der Waals surface area (Å²) in [4.78, 5) is 48.2. The lowest BCUT2D eigenvalue weighted by Gasteiger charge is -2.19. The summed E-state index contributed by atoms with van der Waals surface area (Å²) in [5.41, 5.74) is -0.907. The van der Waals surface area contributed by atoms with Crippen LogP contribution in [0.5, 0.6) is 0 Å². The topological polar surface area (TPSA) is 232 Å². The van der Waals surface area contributed by atoms with E-state index in [1.165, 1.54) is 18.2 Å². The first-order chi connectivity index (χ1) is 15.1. The number of ether oxygens (including phenoxy) is 1. The van der Waals surface area contributed by atoms with Crippen LogP contribution in [0.3, 0.4) is 0 Å². The summed E-state index contributed by atoms with van der Waals surface area (Å²) in [5, 5.41) is 20.3. The maximum absolute atomic E-state index is 14.1. The van der Waals surface area contributed by atoms with Gasteiger partial charge in [-0.3, -0.25) is 13.9 Å². The summed E-state index contributed by atoms with van der Waals surface area (Å²) in [6.07, 6.45) is -5.62. The lowest BCUT2D eigenvalue weighted by atomic mass is 10.1. The summed E-state index contributed by atoms with van der Waals surface area (Å²) >= 11 is 0. The predicted octanol–water partition coefficient (Wildman–Crippen LogP) is 0.103. The fraction of sp³-hybridized carbons (Fsp3) is 0.357. The van der Waals surface area contributed by atoms with Crippen LogP contribution in [0.2, 0.25) is 0 Å². The van der Waals surface area contributed by atoms with Crippen molar-refractivity contribution in [1.29, 1.82) is 0 Å². The molecule has 1 fully saturated rings. The fourth-order valence-corrected chi connectivity index (χ4v) is 6.06. The largest absolute Gasteiger partial charge is 0.490 e. The molecule has 6 N–H and O–H groups in total. The Hall–Kier alpha value is -1.35. The second-order valence-corrected chi connectivity index (χ2v) is 11.1. The van der Waals surface area contributed by atoms with Gasteiger partial charge >= 0.3 is 23.5 Å². The Kier molecular flexibility index (Phi) is 7.45. The van der Waals surface area contributed by atoms with Crippen molar-refractivity contribution in [1.82, 2.24) is 4.57 Å². The molecule has 1 aromatic carbocycles. The van der Waals surface area contributed by atoms with Crippen LogP contribution in [0.15, 0.2) is 35.3 Å². The predicted molar refractivity (Wildman–Crippen MR) is 104 cm³/mol. The third-order valence-electron chi connectivity index (χ3n) is 4.34. The van der Waals surface area contributed by atoms with E-state index in [2.05, 4.69) is 13.1 Å². The lowest BCUT2D eigenvalue weighted by Crippen LogP contribution is -2.35. The van der Waals surface area contributed by atoms with E-state index in [9.17, 15) is 38.0 Å². The van der Waals surface area contributed by atoms with E-state index < -0.39 is 66.0 Å². The number of phosphoric ester groups is 1. The van der Waals surface area contributed by atoms with Crippen molar-refractivity contribution < 1.29 is 65.8 Å². The quantitative estimate of drug-likeness (QED) is 0.246. The summed E-state index contributed by atoms with van der Waals surface area (Å²) in [6.45, 7) is -1.06. The van der Waals surface area contributed by atoms with Crippen molar-refractivity contribution in [2.75, 3.05) is 6.61 Å². The molecule has 1 aliphatic heterocycles. The molecule has 2 heterocycles. The molecule has 0 amide bonds. The Labute approximate surface area is 183 Å². The van der Waals surface area contributed by atoms with Crippen LogP contribution in [0, 0.1) is 5.82 Å². The highest BCUT2D eigenvalue weighted by molar-refractivity contribution is 7.66. The number of phosphoric acid groups is 3. The van der Waals surface area contributed by atoms with Crippen LogP contribution in [0.25, 0.3) is 10.8 Å². The van der Waals surface area contributed by atoms with Crippen LogP contribution in [-0.2, 0) is 31.6 Å². The highest BCUT2D eigenvalue weighted by atomic mass is 31.3. The molecule has 1 aromatic heterocycles. The van der Waals surface area contributed by atoms with Crippen LogP contribution >= 0.6 is 23.5 Å². The van der Waals surface area contributed by atoms with Crippen LogP contribution in [0.4, 0.5) is 4.39 Å². The van der Waals surface area contributed by atoms with Gasteiger partial charge in [-0.2, -0.15) is 8.62 Å². The van der Waals surface area contributed by atoms with Gasteiger partial charge in [0.15, 0.2) is 6.23 Å². The molecular weight excluding hydrogens is 518 g/mol. The zero-order valence-electron chi connectivity index (χ0n) is 16.0. The number of hydrogen-bond acceptors (Lipinski definition) is 10. The van der Waals surface area contributed by atoms with Crippen molar-refractivity contribution in [3.8, 4) is 0 Å². The van der Waals surface area contributed by atoms with E-state index in [0.29, 0.717) is 0 Å². The number of halogens is 1. The molecule has 0 bridgehead atoms. The number of hydrogen-bond donors (Lipinski definition) is 6. The van der Waals surface area contributed by atoms with Gasteiger partial charge in [0.25, 0.3) is 5.56 Å². The van der Waals surface area contributed by atoms with Gasteiger partial charge in [0.1, 0.15) is 24.1 Å². The molecule has 15 nitrogen and oxygen atoms in total. The molecule has 0 spiro atoms. The average molecular weight is 535 g/mol. The first-order valence-corrected chi connectivity index (χ1v) is 13.2. The molecule has 0 saturated carbocycles. The molecule has 3 rings (SSSR count). The minimum atomic E-state index is -5.75. The Morgan fingerprint density at radius 3 is 2.30 bits per heavy atom. The summed E-state index contributed by atoms with van der Waals surface area (Å²) < 4.78 is 65.4. The number of fused-ring (bicyclic) bond motifs is 1. The van der Waals surface area contributed by atoms with Crippen molar-refractivity contribution in [2.24, 2.45) is 0 Å². The van der Waals surface area contributed by atoms with Crippen LogP contribution in [-0.4, -0.2) is 59.3 Å². The number of pyridine rings is 1. The van der Waals surface area contributed by atoms with Gasteiger partial charge in [0.2, 0.25) is 0 Å². The van der Waals surface area contributed by atoms with E-state index in [-0.39, 0.29) is 10.8 Å². The maximum atomic E-state index is 14.1. The highest BCUT2D eigenvalue weighted by Crippen LogP contribution is 2.66. The Morgan fingerprint density at radius 1 is 1.00 bits per heavy atom. The van der Waals surface area contributed by atoms with Gasteiger partial charge in [-0.1, -0.05) is 12.1 Å². The Morgan fingerprint density at radius 2 is 1.67 bits per heavy atom. The monoisotopic (exact) mass is 535 g/mol. The van der Waals surface area contributed by atoms with Gasteiger partial charge in [-0.25, -0.2) is 18.1 Å². The van der Waals surface area contributed by atoms with Crippen molar-refractivity contribution in [2.45, 2.75) is 24.5 Å². The number of nitrogens with zero attached hydrogens (tertiary/aromatic N) is 1. The highest BCUT2D eigenvalue weighted by Gasteiger charge is 2.46. The SMILES string of the molecule is O=c1c2c(F)cccc2ccn1[C@@H]1O[C@H](COP(=O)(O)OP(=O)(O)OP(=O)(O)O)[C@@H](O)[C@H]1O. The lowest BCUT2D eigenvalue weighted by molar-refractivity contribution is -0.0533. The summed E-state index contributed by atoms with van der Waals surface area (Å²) in [6, 6.07) is 5.24. The second-order valence-electron chi connectivity index (χ2n) is 6.67. The van der Waals surface area contributed by atoms with Gasteiger partial charge < -0.3 is 34.5 Å². The van der Waals surface area contributed by atoms with E-state index >= 15 is 0 Å². The zero-order valence-corrected chi connectivity index (χ0v) is 18.7. The Balaban J connectivity index is 1.74. The summed E-state index contributed by atoms with van der Waals surface area (Å²) in [5.74, 6) is -0.843. The van der Waals surface area contributed by atoms with Crippen molar-refractivity contribution >= 4 is 34.2 Å². The molecule has 2 aromatic rings. The number of aliphatic hydroxyl groups excluding tert-OH is 2. The first kappa shape index (κ1) is 26.3. The fourth-order valence-electron chi connectivity index (χ4n) is 3.03. The van der Waals surface area contributed by atoms with Crippen molar-refractivity contribution in [3.05, 3.63) is 46.6 Å². The maximum Gasteiger partial charge on any atom is 0.490 e. The van der Waals surface area contributed by atoms with Gasteiger partial charge in [-0.05, 0) is 17.5 Å². The normalized spacial score (nSPS) is 27.4. The molecule has 0 aliphatic carbocycles. The zero-order chi connectivity index (χ0) is 24.8. The molecule has 0 radical (unpaired) electrons. The smallest absolute Gasteiger partial charge is 0.387 e. The van der Waals surface area contributed by atoms with E-state index in [0.717, 1.165) is 16.8 Å². The van der Waals surface area contributed by atoms with E-state index in [4.69, 9.17) is 19.4 Å². The summed E-state index contributed by atoms with van der Waals surface area (Å²) in [7, 11) is -16.8. The van der Waals surface area contributed by atoms with E-state index in [1.54, 1.807) is 0 Å². The standard InChI is InChI=1S/C14H17FNO14P3/c15-8-3-1-2-7-4-5-16(13(19)10(7)8)14-12(18)11(17)9(28-14)6-27-32(23,24)30-33(25,26)29-31(20,21)22/h1-5,9,11-12,14,17-18H,6H2,(H,23,24)(H,25,26)(H2,20,21,22)/t9-,11-,12-,14-/m1/s1. The minimum Gasteiger partial charge on any atom is -0.387 e. The molecule has 33 heavy (non-hydrogen) atoms. The molecule has 19 heteroatoms. The Bertz CT molecular complexity index is 1250. The molecular formula is C14H17FNO14P3. The van der Waals surface area contributed by atoms with Gasteiger partial charge in [0, 0.05) is 6.20 Å². The average Bonchev–Trinajstić information content (AvgIpc) is 2.92. The minimum absolute atomic E-state index is 0.258. The van der Waals surface area contributed by atoms with Gasteiger partial charge in [-0.15, -0.1) is 0 Å². The molecule has 184 valence electrons. The van der Waals surface area contributed by atoms with Gasteiger partial charge in [0.05, 0.1) is 12.0 Å². The molecule has 2 unspecified atom stereocenters. The first-order valence-electron chi connectivity index (χ1n) is 8.69. The molecule has 1 saturated heterocycles. The molecule has 6 atom stereocenters. The third kappa shape index (κ3) is 6.21. The van der Waals surface area contributed by atoms with Crippen LogP contribution < -0.4 is 5.56 Å². The molecule has 1 aliphatic rings. The number of benzene rings is 1. The van der Waals surface area contributed by atoms with E-state index in [1.807, 2.05) is 0 Å². The number of aromatic nitrogens is 1. The number of rotatable bonds is 8. The number of aliphatic hydroxyl groups is 2. The second kappa shape index (κ2) is 9.36.